The van der Waals surface area contributed by atoms with Crippen molar-refractivity contribution in [2.45, 2.75) is 43.0 Å². The van der Waals surface area contributed by atoms with E-state index < -0.39 is 0 Å². The van der Waals surface area contributed by atoms with Gasteiger partial charge in [-0.3, -0.25) is 4.79 Å². The molecule has 110 valence electrons. The number of halogens is 2. The molecule has 2 nitrogen and oxygen atoms in total. The molecule has 1 aromatic rings. The predicted octanol–water partition coefficient (Wildman–Crippen LogP) is 4.29. The minimum absolute atomic E-state index is 0.0148. The lowest BCUT2D eigenvalue weighted by Crippen LogP contribution is -2.23. The van der Waals surface area contributed by atoms with Gasteiger partial charge in [0.25, 0.3) is 0 Å². The topological polar surface area (TPSA) is 26.3 Å². The van der Waals surface area contributed by atoms with E-state index in [1.54, 1.807) is 0 Å². The summed E-state index contributed by atoms with van der Waals surface area (Å²) in [6.45, 7) is 2.60. The molecule has 1 saturated carbocycles. The largest absolute Gasteiger partial charge is 0.377 e. The highest BCUT2D eigenvalue weighted by atomic mass is 35.5. The smallest absolute Gasteiger partial charge is 0.162 e. The van der Waals surface area contributed by atoms with Gasteiger partial charge in [-0.2, -0.15) is 0 Å². The number of alkyl halides is 2. The summed E-state index contributed by atoms with van der Waals surface area (Å²) in [5, 5.41) is -0.273. The van der Waals surface area contributed by atoms with E-state index in [2.05, 4.69) is 0 Å². The van der Waals surface area contributed by atoms with E-state index in [0.717, 1.165) is 18.4 Å². The van der Waals surface area contributed by atoms with Gasteiger partial charge in [0.2, 0.25) is 0 Å². The van der Waals surface area contributed by atoms with E-state index in [1.165, 1.54) is 0 Å². The van der Waals surface area contributed by atoms with Crippen molar-refractivity contribution in [2.75, 3.05) is 6.61 Å². The van der Waals surface area contributed by atoms with Crippen molar-refractivity contribution in [3.05, 3.63) is 35.9 Å². The van der Waals surface area contributed by atoms with E-state index in [-0.39, 0.29) is 28.6 Å². The van der Waals surface area contributed by atoms with Crippen LogP contribution >= 0.6 is 23.2 Å². The fourth-order valence-corrected chi connectivity index (χ4v) is 3.53. The average Bonchev–Trinajstić information content (AvgIpc) is 2.74. The Hall–Kier alpha value is -0.570. The lowest BCUT2D eigenvalue weighted by molar-refractivity contribution is 0.0669. The first-order valence-corrected chi connectivity index (χ1v) is 7.98. The summed E-state index contributed by atoms with van der Waals surface area (Å²) in [5.74, 6) is 0.420. The summed E-state index contributed by atoms with van der Waals surface area (Å²) in [7, 11) is 0. The molecular weight excluding hydrogens is 295 g/mol. The summed E-state index contributed by atoms with van der Waals surface area (Å²) < 4.78 is 5.61. The number of hydrogen-bond donors (Lipinski definition) is 0. The number of Topliss-reactive ketones (excluding diaryl/α,β-unsaturated/α-hetero) is 1. The molecule has 20 heavy (non-hydrogen) atoms. The van der Waals surface area contributed by atoms with Crippen LogP contribution in [0.15, 0.2) is 30.3 Å². The van der Waals surface area contributed by atoms with Crippen LogP contribution in [0.2, 0.25) is 0 Å². The van der Waals surface area contributed by atoms with Crippen LogP contribution < -0.4 is 0 Å². The van der Waals surface area contributed by atoms with Crippen molar-refractivity contribution in [3.8, 4) is 0 Å². The fraction of sp³-hybridized carbons (Fsp3) is 0.562. The Morgan fingerprint density at radius 1 is 1.25 bits per heavy atom. The molecule has 0 radical (unpaired) electrons. The standard InChI is InChI=1S/C16H20Cl2O2/c1-2-20-14-10-12(15(17)16(14)18)8-9-13(19)11-6-4-3-5-7-11/h3-7,12,14-16H,2,8-10H2,1H3. The zero-order chi connectivity index (χ0) is 14.5. The minimum atomic E-state index is -0.159. The minimum Gasteiger partial charge on any atom is -0.377 e. The molecule has 0 amide bonds. The molecular formula is C16H20Cl2O2. The van der Waals surface area contributed by atoms with Crippen molar-refractivity contribution in [1.82, 2.24) is 0 Å². The lowest BCUT2D eigenvalue weighted by atomic mass is 9.97. The maximum Gasteiger partial charge on any atom is 0.162 e. The third kappa shape index (κ3) is 3.75. The van der Waals surface area contributed by atoms with E-state index in [9.17, 15) is 4.79 Å². The Balaban J connectivity index is 1.87. The van der Waals surface area contributed by atoms with Gasteiger partial charge in [0, 0.05) is 18.6 Å². The monoisotopic (exact) mass is 314 g/mol. The lowest BCUT2D eigenvalue weighted by Gasteiger charge is -2.15. The molecule has 1 fully saturated rings. The van der Waals surface area contributed by atoms with Crippen molar-refractivity contribution < 1.29 is 9.53 Å². The Morgan fingerprint density at radius 3 is 2.60 bits per heavy atom. The third-order valence-electron chi connectivity index (χ3n) is 3.86. The van der Waals surface area contributed by atoms with Gasteiger partial charge < -0.3 is 4.74 Å². The van der Waals surface area contributed by atoms with E-state index in [1.807, 2.05) is 37.3 Å². The fourth-order valence-electron chi connectivity index (χ4n) is 2.76. The number of carbonyl (C=O) groups excluding carboxylic acids is 1. The van der Waals surface area contributed by atoms with Crippen molar-refractivity contribution in [3.63, 3.8) is 0 Å². The van der Waals surface area contributed by atoms with Gasteiger partial charge in [0.15, 0.2) is 5.78 Å². The Bertz CT molecular complexity index is 435. The number of ether oxygens (including phenoxy) is 1. The average molecular weight is 315 g/mol. The van der Waals surface area contributed by atoms with Gasteiger partial charge in [-0.1, -0.05) is 30.3 Å². The summed E-state index contributed by atoms with van der Waals surface area (Å²) in [6.07, 6.45) is 2.15. The molecule has 1 aromatic carbocycles. The van der Waals surface area contributed by atoms with E-state index in [4.69, 9.17) is 27.9 Å². The zero-order valence-electron chi connectivity index (χ0n) is 11.6. The molecule has 1 aliphatic carbocycles. The van der Waals surface area contributed by atoms with E-state index >= 15 is 0 Å². The van der Waals surface area contributed by atoms with Gasteiger partial charge in [0.1, 0.15) is 0 Å². The van der Waals surface area contributed by atoms with Crippen molar-refractivity contribution in [1.29, 1.82) is 0 Å². The second kappa shape index (κ2) is 7.44. The zero-order valence-corrected chi connectivity index (χ0v) is 13.1. The van der Waals surface area contributed by atoms with E-state index in [0.29, 0.717) is 13.0 Å². The third-order valence-corrected chi connectivity index (χ3v) is 5.17. The first-order chi connectivity index (χ1) is 9.63. The number of carbonyl (C=O) groups is 1. The highest BCUT2D eigenvalue weighted by Crippen LogP contribution is 2.39. The first kappa shape index (κ1) is 15.8. The number of rotatable bonds is 6. The SMILES string of the molecule is CCOC1CC(CCC(=O)c2ccccc2)C(Cl)C1Cl. The molecule has 0 aliphatic heterocycles. The molecule has 4 unspecified atom stereocenters. The normalized spacial score (nSPS) is 29.6. The van der Waals surface area contributed by atoms with Gasteiger partial charge in [-0.05, 0) is 25.7 Å². The van der Waals surface area contributed by atoms with Crippen LogP contribution in [-0.4, -0.2) is 29.2 Å². The summed E-state index contributed by atoms with van der Waals surface area (Å²) in [4.78, 5) is 12.1. The molecule has 0 saturated heterocycles. The van der Waals surface area contributed by atoms with Gasteiger partial charge in [-0.15, -0.1) is 23.2 Å². The maximum atomic E-state index is 12.1. The highest BCUT2D eigenvalue weighted by Gasteiger charge is 2.41. The second-order valence-electron chi connectivity index (χ2n) is 5.21. The molecule has 4 heteroatoms. The molecule has 0 bridgehead atoms. The van der Waals surface area contributed by atoms with Crippen LogP contribution in [0.1, 0.15) is 36.5 Å². The summed E-state index contributed by atoms with van der Waals surface area (Å²) in [5.41, 5.74) is 0.764. The number of ketones is 1. The van der Waals surface area contributed by atoms with Crippen molar-refractivity contribution >= 4 is 29.0 Å². The second-order valence-corrected chi connectivity index (χ2v) is 6.21. The van der Waals surface area contributed by atoms with Gasteiger partial charge in [0.05, 0.1) is 16.9 Å². The van der Waals surface area contributed by atoms with Crippen LogP contribution in [0.25, 0.3) is 0 Å². The predicted molar refractivity (Wildman–Crippen MR) is 82.8 cm³/mol. The van der Waals surface area contributed by atoms with Gasteiger partial charge >= 0.3 is 0 Å². The van der Waals surface area contributed by atoms with Crippen LogP contribution in [0.4, 0.5) is 0 Å². The Morgan fingerprint density at radius 2 is 1.95 bits per heavy atom. The number of hydrogen-bond acceptors (Lipinski definition) is 2. The molecule has 4 atom stereocenters. The quantitative estimate of drug-likeness (QED) is 0.578. The van der Waals surface area contributed by atoms with Crippen LogP contribution in [0, 0.1) is 5.92 Å². The molecule has 0 heterocycles. The van der Waals surface area contributed by atoms with Crippen molar-refractivity contribution in [2.24, 2.45) is 5.92 Å². The molecule has 2 rings (SSSR count). The highest BCUT2D eigenvalue weighted by molar-refractivity contribution is 6.30. The maximum absolute atomic E-state index is 12.1. The van der Waals surface area contributed by atoms with Gasteiger partial charge in [-0.25, -0.2) is 0 Å². The molecule has 0 spiro atoms. The molecule has 0 N–H and O–H groups in total. The molecule has 1 aliphatic rings. The van der Waals surface area contributed by atoms with Crippen LogP contribution in [-0.2, 0) is 4.74 Å². The van der Waals surface area contributed by atoms with Crippen LogP contribution in [0.3, 0.4) is 0 Å². The van der Waals surface area contributed by atoms with Crippen LogP contribution in [0.5, 0.6) is 0 Å². The number of benzene rings is 1. The Kier molecular flexibility index (Phi) is 5.88. The summed E-state index contributed by atoms with van der Waals surface area (Å²) >= 11 is 12.7. The first-order valence-electron chi connectivity index (χ1n) is 7.11. The molecule has 0 aromatic heterocycles. The summed E-state index contributed by atoms with van der Waals surface area (Å²) in [6, 6.07) is 9.37. The Labute approximate surface area is 130 Å².